The number of halogens is 2. The number of fused-ring (bicyclic) bond motifs is 3. The highest BCUT2D eigenvalue weighted by molar-refractivity contribution is 6.38. The zero-order valence-corrected chi connectivity index (χ0v) is 24.8. The maximum Gasteiger partial charge on any atom is 0.405 e. The normalized spacial score (nSPS) is 19.6. The van der Waals surface area contributed by atoms with E-state index in [0.29, 0.717) is 34.8 Å². The molecule has 4 rings (SSSR count). The molecule has 7 N–H and O–H groups in total. The SMILES string of the molecule is CCC(C)[C@H](NC(=O)O)C(=O)N[C@]1(C(=O)N[C@@H](c2nnc(N)o2)C(C)CC)CCc2[nH]c3c(Cl)cc(Cl)cc3c2C1. The van der Waals surface area contributed by atoms with Crippen molar-refractivity contribution in [3.05, 3.63) is 39.3 Å². The number of carbonyl (C=O) groups excluding carboxylic acids is 2. The van der Waals surface area contributed by atoms with Crippen molar-refractivity contribution in [2.75, 3.05) is 5.73 Å². The molecular formula is C27H35Cl2N7O5. The van der Waals surface area contributed by atoms with Crippen LogP contribution in [-0.4, -0.2) is 49.8 Å². The molecule has 0 spiro atoms. The lowest BCUT2D eigenvalue weighted by molar-refractivity contribution is -0.136. The predicted octanol–water partition coefficient (Wildman–Crippen LogP) is 4.37. The summed E-state index contributed by atoms with van der Waals surface area (Å²) in [5.74, 6) is -1.36. The Labute approximate surface area is 247 Å². The second-order valence-electron chi connectivity index (χ2n) is 10.8. The van der Waals surface area contributed by atoms with E-state index in [4.69, 9.17) is 33.4 Å². The molecule has 2 heterocycles. The van der Waals surface area contributed by atoms with Crippen LogP contribution in [0.3, 0.4) is 0 Å². The number of benzene rings is 1. The van der Waals surface area contributed by atoms with Crippen LogP contribution in [0.25, 0.3) is 10.9 Å². The number of aromatic amines is 1. The lowest BCUT2D eigenvalue weighted by Crippen LogP contribution is -2.65. The number of anilines is 1. The summed E-state index contributed by atoms with van der Waals surface area (Å²) in [6.45, 7) is 7.52. The fraction of sp³-hybridized carbons (Fsp3) is 0.519. The van der Waals surface area contributed by atoms with Crippen molar-refractivity contribution in [2.24, 2.45) is 11.8 Å². The molecule has 0 aliphatic heterocycles. The van der Waals surface area contributed by atoms with Crippen LogP contribution in [0.1, 0.15) is 70.1 Å². The van der Waals surface area contributed by atoms with E-state index in [9.17, 15) is 19.5 Å². The highest BCUT2D eigenvalue weighted by Gasteiger charge is 2.47. The molecule has 14 heteroatoms. The monoisotopic (exact) mass is 607 g/mol. The molecule has 1 aliphatic rings. The minimum absolute atomic E-state index is 0.107. The lowest BCUT2D eigenvalue weighted by Gasteiger charge is -2.39. The summed E-state index contributed by atoms with van der Waals surface area (Å²) >= 11 is 12.8. The summed E-state index contributed by atoms with van der Waals surface area (Å²) in [5.41, 5.74) is 6.58. The topological polar surface area (TPSA) is 188 Å². The van der Waals surface area contributed by atoms with Gasteiger partial charge in [0, 0.05) is 22.5 Å². The number of nitrogens with two attached hydrogens (primary N) is 1. The van der Waals surface area contributed by atoms with Crippen molar-refractivity contribution in [3.63, 3.8) is 0 Å². The summed E-state index contributed by atoms with van der Waals surface area (Å²) in [5, 5.41) is 27.1. The second-order valence-corrected chi connectivity index (χ2v) is 11.6. The van der Waals surface area contributed by atoms with Crippen LogP contribution in [0.15, 0.2) is 16.5 Å². The molecule has 0 saturated carbocycles. The number of hydrogen-bond donors (Lipinski definition) is 6. The fourth-order valence-electron chi connectivity index (χ4n) is 5.31. The Bertz CT molecular complexity index is 1460. The van der Waals surface area contributed by atoms with Crippen LogP contribution < -0.4 is 21.7 Å². The van der Waals surface area contributed by atoms with Crippen molar-refractivity contribution < 1.29 is 23.9 Å². The van der Waals surface area contributed by atoms with Crippen LogP contribution in [0.4, 0.5) is 10.8 Å². The quantitative estimate of drug-likeness (QED) is 0.196. The number of nitrogens with zero attached hydrogens (tertiary/aromatic N) is 2. The van der Waals surface area contributed by atoms with E-state index in [2.05, 4.69) is 31.1 Å². The van der Waals surface area contributed by atoms with E-state index in [-0.39, 0.29) is 36.6 Å². The number of hydrogen-bond acceptors (Lipinski definition) is 7. The smallest absolute Gasteiger partial charge is 0.405 e. The van der Waals surface area contributed by atoms with Gasteiger partial charge < -0.3 is 36.2 Å². The molecule has 41 heavy (non-hydrogen) atoms. The molecule has 1 aliphatic carbocycles. The van der Waals surface area contributed by atoms with Gasteiger partial charge in [-0.3, -0.25) is 9.59 Å². The average Bonchev–Trinajstić information content (AvgIpc) is 3.52. The Kier molecular flexibility index (Phi) is 9.03. The number of amides is 3. The van der Waals surface area contributed by atoms with Gasteiger partial charge in [0.2, 0.25) is 17.7 Å². The Morgan fingerprint density at radius 3 is 2.46 bits per heavy atom. The number of nitrogen functional groups attached to an aromatic ring is 1. The summed E-state index contributed by atoms with van der Waals surface area (Å²) in [6.07, 6.45) is 0.630. The zero-order valence-electron chi connectivity index (χ0n) is 23.3. The average molecular weight is 609 g/mol. The third-order valence-electron chi connectivity index (χ3n) is 8.09. The van der Waals surface area contributed by atoms with Gasteiger partial charge in [0.1, 0.15) is 17.6 Å². The van der Waals surface area contributed by atoms with Gasteiger partial charge in [0.05, 0.1) is 10.5 Å². The lowest BCUT2D eigenvalue weighted by atomic mass is 9.78. The Morgan fingerprint density at radius 2 is 1.85 bits per heavy atom. The van der Waals surface area contributed by atoms with E-state index in [0.717, 1.165) is 16.6 Å². The molecule has 222 valence electrons. The van der Waals surface area contributed by atoms with Crippen molar-refractivity contribution >= 4 is 58.0 Å². The van der Waals surface area contributed by atoms with Gasteiger partial charge in [-0.1, -0.05) is 68.8 Å². The molecule has 1 aromatic carbocycles. The third kappa shape index (κ3) is 6.23. The molecule has 0 fully saturated rings. The molecule has 0 bridgehead atoms. The Hall–Kier alpha value is -3.51. The Morgan fingerprint density at radius 1 is 1.15 bits per heavy atom. The number of H-pyrrole nitrogens is 1. The molecule has 3 amide bonds. The summed E-state index contributed by atoms with van der Waals surface area (Å²) in [4.78, 5) is 42.9. The predicted molar refractivity (Wildman–Crippen MR) is 155 cm³/mol. The van der Waals surface area contributed by atoms with Gasteiger partial charge >= 0.3 is 12.1 Å². The number of rotatable bonds is 10. The van der Waals surface area contributed by atoms with Crippen LogP contribution in [0.5, 0.6) is 0 Å². The molecule has 0 saturated heterocycles. The zero-order chi connectivity index (χ0) is 30.1. The first-order chi connectivity index (χ1) is 19.4. The Balaban J connectivity index is 1.77. The van der Waals surface area contributed by atoms with Gasteiger partial charge in [0.15, 0.2) is 0 Å². The minimum Gasteiger partial charge on any atom is -0.465 e. The largest absolute Gasteiger partial charge is 0.465 e. The second kappa shape index (κ2) is 12.2. The first-order valence-electron chi connectivity index (χ1n) is 13.6. The molecule has 3 aromatic rings. The third-order valence-corrected chi connectivity index (χ3v) is 8.61. The van der Waals surface area contributed by atoms with E-state index < -0.39 is 35.5 Å². The number of nitrogens with one attached hydrogen (secondary N) is 4. The first kappa shape index (κ1) is 30.4. The summed E-state index contributed by atoms with van der Waals surface area (Å²) < 4.78 is 5.47. The molecular weight excluding hydrogens is 573 g/mol. The number of carbonyl (C=O) groups is 3. The highest BCUT2D eigenvalue weighted by atomic mass is 35.5. The van der Waals surface area contributed by atoms with Gasteiger partial charge in [-0.15, -0.1) is 5.10 Å². The van der Waals surface area contributed by atoms with E-state index in [1.807, 2.05) is 20.8 Å². The minimum atomic E-state index is -1.45. The van der Waals surface area contributed by atoms with E-state index >= 15 is 0 Å². The van der Waals surface area contributed by atoms with Crippen molar-refractivity contribution in [3.8, 4) is 0 Å². The van der Waals surface area contributed by atoms with Crippen LogP contribution in [0, 0.1) is 11.8 Å². The number of aryl methyl sites for hydroxylation is 1. The van der Waals surface area contributed by atoms with Crippen LogP contribution >= 0.6 is 23.2 Å². The van der Waals surface area contributed by atoms with E-state index in [1.54, 1.807) is 19.1 Å². The summed E-state index contributed by atoms with van der Waals surface area (Å²) in [6, 6.07) is 1.52. The van der Waals surface area contributed by atoms with Gasteiger partial charge in [0.25, 0.3) is 0 Å². The molecule has 5 atom stereocenters. The van der Waals surface area contributed by atoms with Crippen LogP contribution in [-0.2, 0) is 22.4 Å². The van der Waals surface area contributed by atoms with E-state index in [1.165, 1.54) is 0 Å². The van der Waals surface area contributed by atoms with Crippen molar-refractivity contribution in [2.45, 2.75) is 77.4 Å². The van der Waals surface area contributed by atoms with Crippen molar-refractivity contribution in [1.82, 2.24) is 31.1 Å². The maximum absolute atomic E-state index is 14.3. The van der Waals surface area contributed by atoms with Crippen molar-refractivity contribution in [1.29, 1.82) is 0 Å². The molecule has 0 radical (unpaired) electrons. The maximum atomic E-state index is 14.3. The number of carboxylic acid groups (broad SMARTS) is 1. The summed E-state index contributed by atoms with van der Waals surface area (Å²) in [7, 11) is 0. The highest BCUT2D eigenvalue weighted by Crippen LogP contribution is 2.39. The fourth-order valence-corrected chi connectivity index (χ4v) is 5.85. The van der Waals surface area contributed by atoms with Gasteiger partial charge in [-0.05, 0) is 42.4 Å². The molecule has 2 aromatic heterocycles. The van der Waals surface area contributed by atoms with Gasteiger partial charge in [-0.25, -0.2) is 4.79 Å². The molecule has 2 unspecified atom stereocenters. The first-order valence-corrected chi connectivity index (χ1v) is 14.3. The standard InChI is InChI=1S/C27H35Cl2N7O5/c1-5-12(3)19(33-26(39)40)22(37)34-27(24(38)32-20(13(4)6-2)23-35-36-25(30)41-23)8-7-18-16(11-27)15-9-14(28)10-17(29)21(15)31-18/h9-10,12-13,19-20,31,33H,5-8,11H2,1-4H3,(H2,30,36)(H,32,38)(H,34,37)(H,39,40)/t12?,13?,19-,20+,27+/m0/s1. The van der Waals surface area contributed by atoms with Gasteiger partial charge in [-0.2, -0.15) is 0 Å². The number of aromatic nitrogens is 3. The van der Waals surface area contributed by atoms with Crippen LogP contribution in [0.2, 0.25) is 10.0 Å². The molecule has 12 nitrogen and oxygen atoms in total.